The molecule has 0 aromatic heterocycles. The SMILES string of the molecule is Cc1ccc(C2=NC(/C=C/c3ccccc3)=CC(c3ccccc3)[Se]2)cc1. The van der Waals surface area contributed by atoms with E-state index >= 15 is 0 Å². The second kappa shape index (κ2) is 8.35. The predicted octanol–water partition coefficient (Wildman–Crippen LogP) is 5.80. The van der Waals surface area contributed by atoms with E-state index in [2.05, 4.69) is 104 Å². The number of rotatable bonds is 4. The fourth-order valence-electron chi connectivity index (χ4n) is 2.96. The molecular weight excluding hydrogens is 393 g/mol. The quantitative estimate of drug-likeness (QED) is 0.479. The van der Waals surface area contributed by atoms with E-state index in [1.54, 1.807) is 0 Å². The van der Waals surface area contributed by atoms with Crippen LogP contribution in [0.4, 0.5) is 0 Å². The average Bonchev–Trinajstić information content (AvgIpc) is 2.74. The van der Waals surface area contributed by atoms with Gasteiger partial charge < -0.3 is 0 Å². The number of benzene rings is 3. The van der Waals surface area contributed by atoms with Gasteiger partial charge in [-0.3, -0.25) is 0 Å². The predicted molar refractivity (Wildman–Crippen MR) is 116 cm³/mol. The van der Waals surface area contributed by atoms with Crippen molar-refractivity contribution in [1.82, 2.24) is 0 Å². The topological polar surface area (TPSA) is 12.4 Å². The molecule has 2 heteroatoms. The van der Waals surface area contributed by atoms with Gasteiger partial charge in [-0.25, -0.2) is 0 Å². The molecule has 0 fully saturated rings. The van der Waals surface area contributed by atoms with Gasteiger partial charge in [-0.1, -0.05) is 0 Å². The zero-order chi connectivity index (χ0) is 18.5. The van der Waals surface area contributed by atoms with Crippen molar-refractivity contribution in [2.45, 2.75) is 11.7 Å². The first-order valence-electron chi connectivity index (χ1n) is 9.10. The van der Waals surface area contributed by atoms with E-state index in [-0.39, 0.29) is 15.0 Å². The number of hydrogen-bond donors (Lipinski definition) is 0. The molecule has 0 spiro atoms. The standard InChI is InChI=1S/C25H21NSe/c1-19-12-15-22(16-13-19)25-26-23(17-14-20-8-4-2-5-9-20)18-24(27-25)21-10-6-3-7-11-21/h2-18,24H,1H3/b17-14+. The van der Waals surface area contributed by atoms with Crippen molar-refractivity contribution in [3.05, 3.63) is 125 Å². The molecule has 4 rings (SSSR count). The first-order valence-corrected chi connectivity index (χ1v) is 10.9. The van der Waals surface area contributed by atoms with Crippen LogP contribution in [0, 0.1) is 6.92 Å². The molecule has 3 aromatic carbocycles. The number of nitrogens with zero attached hydrogens (tertiary/aromatic N) is 1. The minimum atomic E-state index is 0.265. The van der Waals surface area contributed by atoms with Crippen LogP contribution in [-0.4, -0.2) is 19.6 Å². The molecule has 0 saturated carbocycles. The Bertz CT molecular complexity index is 984. The zero-order valence-electron chi connectivity index (χ0n) is 15.2. The summed E-state index contributed by atoms with van der Waals surface area (Å²) in [5, 5.41) is 0. The molecule has 1 nitrogen and oxygen atoms in total. The van der Waals surface area contributed by atoms with Crippen LogP contribution >= 0.6 is 0 Å². The summed E-state index contributed by atoms with van der Waals surface area (Å²) < 4.78 is 1.21. The summed E-state index contributed by atoms with van der Waals surface area (Å²) in [5.41, 5.74) is 6.11. The second-order valence-corrected chi connectivity index (χ2v) is 8.94. The van der Waals surface area contributed by atoms with E-state index in [0.29, 0.717) is 4.82 Å². The normalized spacial score (nSPS) is 16.9. The van der Waals surface area contributed by atoms with Crippen molar-refractivity contribution in [3.63, 3.8) is 0 Å². The van der Waals surface area contributed by atoms with Crippen molar-refractivity contribution in [2.75, 3.05) is 0 Å². The molecular formula is C25H21NSe. The summed E-state index contributed by atoms with van der Waals surface area (Å²) in [6, 6.07) is 29.9. The van der Waals surface area contributed by atoms with Crippen LogP contribution in [0.1, 0.15) is 27.1 Å². The third kappa shape index (κ3) is 4.54. The van der Waals surface area contributed by atoms with E-state index in [1.165, 1.54) is 26.9 Å². The molecule has 0 N–H and O–H groups in total. The van der Waals surface area contributed by atoms with Gasteiger partial charge in [-0.15, -0.1) is 0 Å². The number of allylic oxidation sites excluding steroid dienone is 2. The Morgan fingerprint density at radius 1 is 0.778 bits per heavy atom. The Labute approximate surface area is 167 Å². The summed E-state index contributed by atoms with van der Waals surface area (Å²) in [4.78, 5) is 5.40. The second-order valence-electron chi connectivity index (χ2n) is 6.57. The van der Waals surface area contributed by atoms with E-state index < -0.39 is 0 Å². The van der Waals surface area contributed by atoms with Crippen LogP contribution in [0.5, 0.6) is 0 Å². The molecule has 0 saturated heterocycles. The van der Waals surface area contributed by atoms with Gasteiger partial charge in [-0.05, 0) is 0 Å². The van der Waals surface area contributed by atoms with Crippen molar-refractivity contribution in [3.8, 4) is 0 Å². The van der Waals surface area contributed by atoms with E-state index in [0.717, 1.165) is 5.70 Å². The number of hydrogen-bond acceptors (Lipinski definition) is 1. The van der Waals surface area contributed by atoms with Crippen LogP contribution in [0.2, 0.25) is 0 Å². The monoisotopic (exact) mass is 415 g/mol. The van der Waals surface area contributed by atoms with Crippen LogP contribution < -0.4 is 0 Å². The Hall–Kier alpha value is -2.67. The summed E-state index contributed by atoms with van der Waals surface area (Å²) >= 11 is 0.265. The van der Waals surface area contributed by atoms with Crippen molar-refractivity contribution in [2.24, 2.45) is 4.99 Å². The molecule has 1 atom stereocenters. The third-order valence-electron chi connectivity index (χ3n) is 4.46. The van der Waals surface area contributed by atoms with Crippen molar-refractivity contribution < 1.29 is 0 Å². The first kappa shape index (κ1) is 17.7. The van der Waals surface area contributed by atoms with Crippen LogP contribution in [-0.2, 0) is 0 Å². The third-order valence-corrected chi connectivity index (χ3v) is 7.01. The molecule has 1 aliphatic rings. The van der Waals surface area contributed by atoms with Crippen LogP contribution in [0.15, 0.2) is 108 Å². The van der Waals surface area contributed by atoms with Crippen LogP contribution in [0.3, 0.4) is 0 Å². The minimum absolute atomic E-state index is 0.265. The molecule has 0 amide bonds. The summed E-state index contributed by atoms with van der Waals surface area (Å²) in [6.07, 6.45) is 6.59. The zero-order valence-corrected chi connectivity index (χ0v) is 17.0. The Morgan fingerprint density at radius 2 is 1.44 bits per heavy atom. The van der Waals surface area contributed by atoms with Gasteiger partial charge in [0.2, 0.25) is 0 Å². The molecule has 1 aliphatic heterocycles. The molecule has 3 aromatic rings. The maximum atomic E-state index is 4.99. The summed E-state index contributed by atoms with van der Waals surface area (Å²) in [5.74, 6) is 0. The van der Waals surface area contributed by atoms with Crippen molar-refractivity contribution >= 4 is 25.6 Å². The van der Waals surface area contributed by atoms with E-state index in [4.69, 9.17) is 4.99 Å². The molecule has 132 valence electrons. The van der Waals surface area contributed by atoms with Gasteiger partial charge in [0.25, 0.3) is 0 Å². The number of aliphatic imine (C=N–C) groups is 1. The van der Waals surface area contributed by atoms with E-state index in [1.807, 2.05) is 6.07 Å². The van der Waals surface area contributed by atoms with Gasteiger partial charge in [0.1, 0.15) is 0 Å². The number of aryl methyl sites for hydroxylation is 1. The molecule has 1 heterocycles. The van der Waals surface area contributed by atoms with Gasteiger partial charge >= 0.3 is 167 Å². The van der Waals surface area contributed by atoms with Gasteiger partial charge in [0, 0.05) is 0 Å². The van der Waals surface area contributed by atoms with Gasteiger partial charge in [0.05, 0.1) is 0 Å². The van der Waals surface area contributed by atoms with Crippen LogP contribution in [0.25, 0.3) is 6.08 Å². The molecule has 27 heavy (non-hydrogen) atoms. The molecule has 0 aliphatic carbocycles. The van der Waals surface area contributed by atoms with Gasteiger partial charge in [-0.2, -0.15) is 0 Å². The fourth-order valence-corrected chi connectivity index (χ4v) is 5.42. The van der Waals surface area contributed by atoms with Crippen molar-refractivity contribution in [1.29, 1.82) is 0 Å². The first-order chi connectivity index (χ1) is 13.3. The Kier molecular flexibility index (Phi) is 5.48. The summed E-state index contributed by atoms with van der Waals surface area (Å²) in [7, 11) is 0. The summed E-state index contributed by atoms with van der Waals surface area (Å²) in [6.45, 7) is 2.12. The maximum absolute atomic E-state index is 4.99. The average molecular weight is 414 g/mol. The molecule has 0 bridgehead atoms. The molecule has 0 radical (unpaired) electrons. The van der Waals surface area contributed by atoms with Gasteiger partial charge in [0.15, 0.2) is 0 Å². The van der Waals surface area contributed by atoms with E-state index in [9.17, 15) is 0 Å². The molecule has 1 unspecified atom stereocenters. The fraction of sp³-hybridized carbons (Fsp3) is 0.0800. The Balaban J connectivity index is 1.69. The Morgan fingerprint density at radius 3 is 2.15 bits per heavy atom.